The lowest BCUT2D eigenvalue weighted by atomic mass is 10.1. The van der Waals surface area contributed by atoms with Gasteiger partial charge in [-0.3, -0.25) is 0 Å². The zero-order valence-corrected chi connectivity index (χ0v) is 17.0. The lowest BCUT2D eigenvalue weighted by Crippen LogP contribution is -2.08. The van der Waals surface area contributed by atoms with Crippen LogP contribution >= 0.6 is 0 Å². The van der Waals surface area contributed by atoms with Gasteiger partial charge in [0, 0.05) is 11.1 Å². The van der Waals surface area contributed by atoms with Gasteiger partial charge in [0.05, 0.1) is 13.2 Å². The molecule has 2 aromatic carbocycles. The Kier molecular flexibility index (Phi) is 9.24. The zero-order chi connectivity index (χ0) is 21.6. The summed E-state index contributed by atoms with van der Waals surface area (Å²) in [6.45, 7) is 3.85. The highest BCUT2D eigenvalue weighted by Gasteiger charge is 2.10. The van der Waals surface area contributed by atoms with E-state index < -0.39 is 11.9 Å². The predicted octanol–water partition coefficient (Wildman–Crippen LogP) is 4.07. The molecule has 0 fully saturated rings. The highest BCUT2D eigenvalue weighted by atomic mass is 16.5. The van der Waals surface area contributed by atoms with Crippen LogP contribution in [0.25, 0.3) is 0 Å². The van der Waals surface area contributed by atoms with E-state index >= 15 is 0 Å². The maximum Gasteiger partial charge on any atom is 0.346 e. The first-order chi connectivity index (χ1) is 14.6. The first-order valence-corrected chi connectivity index (χ1v) is 9.54. The third-order valence-corrected chi connectivity index (χ3v) is 3.64. The van der Waals surface area contributed by atoms with Gasteiger partial charge in [0.2, 0.25) is 0 Å². The number of hydrogen-bond acceptors (Lipinski definition) is 4. The Morgan fingerprint density at radius 2 is 1.07 bits per heavy atom. The van der Waals surface area contributed by atoms with Gasteiger partial charge in [-0.15, -0.1) is 0 Å². The molecular formula is C26H22O4. The molecule has 0 radical (unpaired) electrons. The van der Waals surface area contributed by atoms with Crippen molar-refractivity contribution in [1.29, 1.82) is 0 Å². The van der Waals surface area contributed by atoms with Gasteiger partial charge in [-0.2, -0.15) is 0 Å². The second-order valence-electron chi connectivity index (χ2n) is 5.83. The Bertz CT molecular complexity index is 953. The normalized spacial score (nSPS) is 10.7. The minimum absolute atomic E-state index is 0.115. The smallest absolute Gasteiger partial charge is 0.346 e. The monoisotopic (exact) mass is 398 g/mol. The number of carbonyl (C=O) groups excluding carboxylic acids is 2. The number of allylic oxidation sites excluding steroid dienone is 2. The minimum Gasteiger partial charge on any atom is -0.462 e. The van der Waals surface area contributed by atoms with Crippen LogP contribution in [-0.2, 0) is 19.1 Å². The number of carbonyl (C=O) groups is 2. The highest BCUT2D eigenvalue weighted by Crippen LogP contribution is 2.05. The van der Waals surface area contributed by atoms with Crippen molar-refractivity contribution in [2.45, 2.75) is 13.8 Å². The molecule has 2 rings (SSSR count). The van der Waals surface area contributed by atoms with Gasteiger partial charge in [0.15, 0.2) is 0 Å². The molecule has 0 aliphatic heterocycles. The molecule has 0 heterocycles. The summed E-state index contributed by atoms with van der Waals surface area (Å²) in [5.74, 6) is 10.3. The van der Waals surface area contributed by atoms with E-state index in [9.17, 15) is 9.59 Å². The number of rotatable bonds is 5. The summed E-state index contributed by atoms with van der Waals surface area (Å²) in [5, 5.41) is 0. The Hall–Kier alpha value is -4.02. The standard InChI is InChI=1S/C26H22O4/c1-3-29-25(27)23(17-15-21-11-7-5-8-12-21)19-20-24(26(28)30-4-2)18-16-22-13-9-6-10-14-22/h5-14,19-20H,3-4H2,1-2H3/b23-19-,24-20+. The molecule has 0 amide bonds. The lowest BCUT2D eigenvalue weighted by molar-refractivity contribution is -0.139. The van der Waals surface area contributed by atoms with E-state index in [0.717, 1.165) is 11.1 Å². The predicted molar refractivity (Wildman–Crippen MR) is 116 cm³/mol. The van der Waals surface area contributed by atoms with Crippen molar-refractivity contribution in [2.24, 2.45) is 0 Å². The van der Waals surface area contributed by atoms with Gasteiger partial charge < -0.3 is 9.47 Å². The second-order valence-corrected chi connectivity index (χ2v) is 5.83. The molecule has 0 saturated carbocycles. The summed E-state index contributed by atoms with van der Waals surface area (Å²) in [4.78, 5) is 24.6. The van der Waals surface area contributed by atoms with Crippen LogP contribution in [0.3, 0.4) is 0 Å². The van der Waals surface area contributed by atoms with Gasteiger partial charge in [-0.25, -0.2) is 9.59 Å². The van der Waals surface area contributed by atoms with E-state index in [0.29, 0.717) is 0 Å². The van der Waals surface area contributed by atoms with Gasteiger partial charge in [-0.05, 0) is 50.3 Å². The summed E-state index contributed by atoms with van der Waals surface area (Å²) >= 11 is 0. The number of hydrogen-bond donors (Lipinski definition) is 0. The van der Waals surface area contributed by atoms with Crippen LogP contribution in [0.15, 0.2) is 84.0 Å². The quantitative estimate of drug-likeness (QED) is 0.330. The average Bonchev–Trinajstić information content (AvgIpc) is 2.77. The van der Waals surface area contributed by atoms with Crippen molar-refractivity contribution >= 4 is 11.9 Å². The van der Waals surface area contributed by atoms with Crippen LogP contribution in [0.2, 0.25) is 0 Å². The molecule has 30 heavy (non-hydrogen) atoms. The molecule has 0 unspecified atom stereocenters. The van der Waals surface area contributed by atoms with E-state index in [4.69, 9.17) is 9.47 Å². The van der Waals surface area contributed by atoms with Crippen LogP contribution in [0.4, 0.5) is 0 Å². The lowest BCUT2D eigenvalue weighted by Gasteiger charge is -2.01. The Balaban J connectivity index is 2.42. The highest BCUT2D eigenvalue weighted by molar-refractivity contribution is 5.96. The fourth-order valence-corrected chi connectivity index (χ4v) is 2.23. The summed E-state index contributed by atoms with van der Waals surface area (Å²) in [6, 6.07) is 18.5. The van der Waals surface area contributed by atoms with E-state index in [1.165, 1.54) is 12.2 Å². The van der Waals surface area contributed by atoms with Gasteiger partial charge >= 0.3 is 11.9 Å². The van der Waals surface area contributed by atoms with Gasteiger partial charge in [-0.1, -0.05) is 60.1 Å². The fourth-order valence-electron chi connectivity index (χ4n) is 2.23. The fraction of sp³-hybridized carbons (Fsp3) is 0.154. The molecule has 0 atom stereocenters. The SMILES string of the molecule is CCOC(=O)/C(C#Cc1ccccc1)=C\C=C(/C#Cc1ccccc1)C(=O)OCC. The van der Waals surface area contributed by atoms with E-state index in [2.05, 4.69) is 23.7 Å². The summed E-state index contributed by atoms with van der Waals surface area (Å²) in [6.07, 6.45) is 2.86. The minimum atomic E-state index is -0.573. The molecule has 0 aliphatic rings. The average molecular weight is 398 g/mol. The molecule has 0 aromatic heterocycles. The molecule has 4 heteroatoms. The van der Waals surface area contributed by atoms with Crippen molar-refractivity contribution < 1.29 is 19.1 Å². The van der Waals surface area contributed by atoms with Gasteiger partial charge in [0.25, 0.3) is 0 Å². The van der Waals surface area contributed by atoms with E-state index in [-0.39, 0.29) is 24.4 Å². The largest absolute Gasteiger partial charge is 0.462 e. The van der Waals surface area contributed by atoms with Crippen LogP contribution in [0.1, 0.15) is 25.0 Å². The topological polar surface area (TPSA) is 52.6 Å². The summed E-state index contributed by atoms with van der Waals surface area (Å²) in [5.41, 5.74) is 1.74. The van der Waals surface area contributed by atoms with Crippen molar-refractivity contribution in [3.63, 3.8) is 0 Å². The molecule has 150 valence electrons. The Morgan fingerprint density at radius 1 is 0.700 bits per heavy atom. The molecule has 0 spiro atoms. The third-order valence-electron chi connectivity index (χ3n) is 3.64. The van der Waals surface area contributed by atoms with Crippen LogP contribution in [-0.4, -0.2) is 25.2 Å². The maximum atomic E-state index is 12.3. The van der Waals surface area contributed by atoms with Crippen LogP contribution in [0.5, 0.6) is 0 Å². The Morgan fingerprint density at radius 3 is 1.40 bits per heavy atom. The van der Waals surface area contributed by atoms with E-state index in [1.807, 2.05) is 60.7 Å². The van der Waals surface area contributed by atoms with Crippen molar-refractivity contribution in [3.8, 4) is 23.7 Å². The molecule has 0 bridgehead atoms. The zero-order valence-electron chi connectivity index (χ0n) is 17.0. The van der Waals surface area contributed by atoms with Crippen molar-refractivity contribution in [2.75, 3.05) is 13.2 Å². The van der Waals surface area contributed by atoms with Gasteiger partial charge in [0.1, 0.15) is 11.1 Å². The molecule has 2 aromatic rings. The molecule has 0 aliphatic carbocycles. The summed E-state index contributed by atoms with van der Waals surface area (Å²) in [7, 11) is 0. The summed E-state index contributed by atoms with van der Waals surface area (Å²) < 4.78 is 10.1. The molecular weight excluding hydrogens is 376 g/mol. The first kappa shape index (κ1) is 22.3. The van der Waals surface area contributed by atoms with Crippen molar-refractivity contribution in [3.05, 3.63) is 95.1 Å². The first-order valence-electron chi connectivity index (χ1n) is 9.54. The third kappa shape index (κ3) is 7.54. The molecule has 0 N–H and O–H groups in total. The number of esters is 2. The van der Waals surface area contributed by atoms with E-state index in [1.54, 1.807) is 13.8 Å². The van der Waals surface area contributed by atoms with Crippen molar-refractivity contribution in [1.82, 2.24) is 0 Å². The number of ether oxygens (including phenoxy) is 2. The van der Waals surface area contributed by atoms with Crippen LogP contribution in [0, 0.1) is 23.7 Å². The number of benzene rings is 2. The molecule has 4 nitrogen and oxygen atoms in total. The Labute approximate surface area is 177 Å². The maximum absolute atomic E-state index is 12.3. The second kappa shape index (κ2) is 12.4. The van der Waals surface area contributed by atoms with Crippen LogP contribution < -0.4 is 0 Å². The molecule has 0 saturated heterocycles.